The summed E-state index contributed by atoms with van der Waals surface area (Å²) in [6.07, 6.45) is 3.78. The molecule has 0 radical (unpaired) electrons. The summed E-state index contributed by atoms with van der Waals surface area (Å²) < 4.78 is 21.1. The largest absolute Gasteiger partial charge is 0.496 e. The van der Waals surface area contributed by atoms with Crippen molar-refractivity contribution in [2.24, 2.45) is 0 Å². The first-order chi connectivity index (χ1) is 15.9. The molecule has 0 aliphatic carbocycles. The third-order valence-corrected chi connectivity index (χ3v) is 5.60. The second kappa shape index (κ2) is 9.27. The fraction of sp³-hybridized carbons (Fsp3) is 0.348. The number of carbonyl (C=O) groups excluding carboxylic acids is 3. The van der Waals surface area contributed by atoms with Crippen LogP contribution in [0.1, 0.15) is 34.7 Å². The molecule has 10 nitrogen and oxygen atoms in total. The predicted molar refractivity (Wildman–Crippen MR) is 118 cm³/mol. The average molecular weight is 455 g/mol. The number of ether oxygens (including phenoxy) is 3. The van der Waals surface area contributed by atoms with E-state index in [-0.39, 0.29) is 23.8 Å². The van der Waals surface area contributed by atoms with E-state index in [2.05, 4.69) is 15.0 Å². The van der Waals surface area contributed by atoms with Gasteiger partial charge in [-0.3, -0.25) is 9.69 Å². The molecule has 0 bridgehead atoms. The lowest BCUT2D eigenvalue weighted by molar-refractivity contribution is -0.123. The maximum absolute atomic E-state index is 12.9. The maximum atomic E-state index is 12.9. The summed E-state index contributed by atoms with van der Waals surface area (Å²) in [5.41, 5.74) is 1.61. The number of methoxy groups -OCH3 is 3. The standard InChI is InChI=1S/C23H25N3O7/c1-30-19-12-17(25-8-4-5-9-25)20(31-2)11-14(19)10-16-21(27)26(23(29)24-16)13-15-6-7-18(33-15)22(28)32-3/h6-7,10-12H,4-5,8-9,13H2,1-3H3,(H,24,29). The van der Waals surface area contributed by atoms with Gasteiger partial charge in [0.05, 0.1) is 33.6 Å². The highest BCUT2D eigenvalue weighted by atomic mass is 16.5. The van der Waals surface area contributed by atoms with Gasteiger partial charge in [-0.15, -0.1) is 0 Å². The van der Waals surface area contributed by atoms with Crippen LogP contribution >= 0.6 is 0 Å². The summed E-state index contributed by atoms with van der Waals surface area (Å²) in [5, 5.41) is 2.58. The maximum Gasteiger partial charge on any atom is 0.373 e. The molecule has 2 aliphatic rings. The van der Waals surface area contributed by atoms with Crippen LogP contribution in [0.3, 0.4) is 0 Å². The number of hydrogen-bond donors (Lipinski definition) is 1. The number of urea groups is 1. The molecule has 3 amide bonds. The van der Waals surface area contributed by atoms with Crippen LogP contribution in [-0.4, -0.2) is 57.2 Å². The number of benzene rings is 1. The molecule has 4 rings (SSSR count). The number of furan rings is 1. The van der Waals surface area contributed by atoms with Gasteiger partial charge in [0, 0.05) is 24.7 Å². The number of hydrogen-bond acceptors (Lipinski definition) is 8. The highest BCUT2D eigenvalue weighted by Gasteiger charge is 2.35. The Morgan fingerprint density at radius 2 is 1.82 bits per heavy atom. The molecule has 0 atom stereocenters. The highest BCUT2D eigenvalue weighted by molar-refractivity contribution is 6.14. The van der Waals surface area contributed by atoms with Gasteiger partial charge in [0.25, 0.3) is 5.91 Å². The summed E-state index contributed by atoms with van der Waals surface area (Å²) in [6.45, 7) is 1.75. The SMILES string of the molecule is COC(=O)c1ccc(CN2C(=O)NC(=Cc3cc(OC)c(N4CCCC4)cc3OC)C2=O)o1. The van der Waals surface area contributed by atoms with Gasteiger partial charge >= 0.3 is 12.0 Å². The summed E-state index contributed by atoms with van der Waals surface area (Å²) in [4.78, 5) is 40.1. The molecule has 10 heteroatoms. The van der Waals surface area contributed by atoms with E-state index >= 15 is 0 Å². The van der Waals surface area contributed by atoms with Crippen LogP contribution in [0.4, 0.5) is 10.5 Å². The van der Waals surface area contributed by atoms with Crippen LogP contribution in [0, 0.1) is 0 Å². The van der Waals surface area contributed by atoms with Crippen molar-refractivity contribution < 1.29 is 33.0 Å². The number of imide groups is 1. The van der Waals surface area contributed by atoms with Crippen LogP contribution in [0.15, 0.2) is 34.4 Å². The van der Waals surface area contributed by atoms with Gasteiger partial charge in [0.2, 0.25) is 5.76 Å². The first-order valence-corrected chi connectivity index (χ1v) is 10.5. The van der Waals surface area contributed by atoms with Gasteiger partial charge in [-0.1, -0.05) is 0 Å². The smallest absolute Gasteiger partial charge is 0.373 e. The zero-order valence-electron chi connectivity index (χ0n) is 18.7. The Morgan fingerprint density at radius 3 is 2.48 bits per heavy atom. The molecule has 2 fully saturated rings. The minimum Gasteiger partial charge on any atom is -0.496 e. The lowest BCUT2D eigenvalue weighted by Crippen LogP contribution is -2.30. The predicted octanol–water partition coefficient (Wildman–Crippen LogP) is 2.78. The lowest BCUT2D eigenvalue weighted by atomic mass is 10.1. The van der Waals surface area contributed by atoms with E-state index in [4.69, 9.17) is 13.9 Å². The molecule has 1 aromatic carbocycles. The average Bonchev–Trinajstić information content (AvgIpc) is 3.57. The number of anilines is 1. The molecule has 1 aromatic heterocycles. The number of esters is 1. The molecular weight excluding hydrogens is 430 g/mol. The topological polar surface area (TPSA) is 111 Å². The Bertz CT molecular complexity index is 1120. The van der Waals surface area contributed by atoms with Crippen molar-refractivity contribution in [2.45, 2.75) is 19.4 Å². The van der Waals surface area contributed by atoms with Crippen LogP contribution in [0.25, 0.3) is 6.08 Å². The summed E-state index contributed by atoms with van der Waals surface area (Å²) in [6, 6.07) is 6.01. The van der Waals surface area contributed by atoms with E-state index in [0.717, 1.165) is 36.5 Å². The molecule has 174 valence electrons. The molecule has 0 spiro atoms. The Balaban J connectivity index is 1.59. The monoisotopic (exact) mass is 455 g/mol. The fourth-order valence-corrected chi connectivity index (χ4v) is 3.92. The third-order valence-electron chi connectivity index (χ3n) is 5.60. The number of amides is 3. The van der Waals surface area contributed by atoms with E-state index in [1.54, 1.807) is 26.4 Å². The van der Waals surface area contributed by atoms with Crippen LogP contribution in [-0.2, 0) is 16.1 Å². The number of carbonyl (C=O) groups is 3. The van der Waals surface area contributed by atoms with Crippen molar-refractivity contribution in [1.29, 1.82) is 0 Å². The van der Waals surface area contributed by atoms with Crippen molar-refractivity contribution in [3.8, 4) is 11.5 Å². The van der Waals surface area contributed by atoms with Gasteiger partial charge < -0.3 is 28.8 Å². The zero-order valence-corrected chi connectivity index (χ0v) is 18.7. The number of rotatable bonds is 7. The van der Waals surface area contributed by atoms with Crippen LogP contribution in [0.2, 0.25) is 0 Å². The lowest BCUT2D eigenvalue weighted by Gasteiger charge is -2.22. The number of nitrogens with one attached hydrogen (secondary N) is 1. The summed E-state index contributed by atoms with van der Waals surface area (Å²) in [7, 11) is 4.38. The molecule has 2 aromatic rings. The molecule has 0 saturated carbocycles. The Morgan fingerprint density at radius 1 is 1.09 bits per heavy atom. The number of nitrogens with zero attached hydrogens (tertiary/aromatic N) is 2. The minimum absolute atomic E-state index is 0.00903. The zero-order chi connectivity index (χ0) is 23.5. The first kappa shape index (κ1) is 22.3. The molecule has 33 heavy (non-hydrogen) atoms. The normalized spacial score (nSPS) is 17.0. The third kappa shape index (κ3) is 4.36. The minimum atomic E-state index is -0.641. The van der Waals surface area contributed by atoms with E-state index in [0.29, 0.717) is 17.1 Å². The Kier molecular flexibility index (Phi) is 6.25. The molecule has 3 heterocycles. The van der Waals surface area contributed by atoms with E-state index in [9.17, 15) is 14.4 Å². The van der Waals surface area contributed by atoms with Crippen molar-refractivity contribution in [2.75, 3.05) is 39.3 Å². The van der Waals surface area contributed by atoms with Gasteiger partial charge in [-0.25, -0.2) is 9.59 Å². The van der Waals surface area contributed by atoms with E-state index < -0.39 is 17.9 Å². The Hall–Kier alpha value is -3.95. The Labute approximate surface area is 190 Å². The summed E-state index contributed by atoms with van der Waals surface area (Å²) in [5.74, 6) is 0.307. The van der Waals surface area contributed by atoms with Crippen molar-refractivity contribution >= 4 is 29.7 Å². The van der Waals surface area contributed by atoms with Crippen LogP contribution in [0.5, 0.6) is 11.5 Å². The molecule has 1 N–H and O–H groups in total. The molecule has 0 unspecified atom stereocenters. The first-order valence-electron chi connectivity index (χ1n) is 10.5. The molecule has 2 saturated heterocycles. The molecule has 2 aliphatic heterocycles. The van der Waals surface area contributed by atoms with Crippen LogP contribution < -0.4 is 19.7 Å². The van der Waals surface area contributed by atoms with Gasteiger partial charge in [-0.2, -0.15) is 0 Å². The highest BCUT2D eigenvalue weighted by Crippen LogP contribution is 2.38. The molecular formula is C23H25N3O7. The van der Waals surface area contributed by atoms with Gasteiger partial charge in [-0.05, 0) is 37.1 Å². The van der Waals surface area contributed by atoms with E-state index in [1.807, 2.05) is 6.07 Å². The van der Waals surface area contributed by atoms with Crippen molar-refractivity contribution in [1.82, 2.24) is 10.2 Å². The second-order valence-corrected chi connectivity index (χ2v) is 7.60. The van der Waals surface area contributed by atoms with Crippen molar-refractivity contribution in [3.63, 3.8) is 0 Å². The quantitative estimate of drug-likeness (QED) is 0.386. The van der Waals surface area contributed by atoms with Crippen molar-refractivity contribution in [3.05, 3.63) is 47.0 Å². The summed E-state index contributed by atoms with van der Waals surface area (Å²) >= 11 is 0. The second-order valence-electron chi connectivity index (χ2n) is 7.60. The van der Waals surface area contributed by atoms with E-state index in [1.165, 1.54) is 19.2 Å². The fourth-order valence-electron chi connectivity index (χ4n) is 3.92. The van der Waals surface area contributed by atoms with Gasteiger partial charge in [0.15, 0.2) is 0 Å². The van der Waals surface area contributed by atoms with Gasteiger partial charge in [0.1, 0.15) is 23.0 Å².